The number of anilines is 1. The predicted octanol–water partition coefficient (Wildman–Crippen LogP) is 2.33. The van der Waals surface area contributed by atoms with Crippen molar-refractivity contribution in [3.05, 3.63) is 23.8 Å². The van der Waals surface area contributed by atoms with Crippen molar-refractivity contribution in [3.63, 3.8) is 0 Å². The van der Waals surface area contributed by atoms with Crippen LogP contribution in [0.15, 0.2) is 22.5 Å². The number of nitrogens with one attached hydrogen (secondary N) is 2. The van der Waals surface area contributed by atoms with Gasteiger partial charge in [-0.3, -0.25) is 4.79 Å². The topological polar surface area (TPSA) is 120 Å². The highest BCUT2D eigenvalue weighted by molar-refractivity contribution is 7.91. The van der Waals surface area contributed by atoms with Gasteiger partial charge in [0, 0.05) is 12.5 Å². The molecule has 0 fully saturated rings. The summed E-state index contributed by atoms with van der Waals surface area (Å²) in [5.74, 6) is 0.798. The minimum absolute atomic E-state index is 0.140. The number of sulfonamides is 1. The smallest absolute Gasteiger partial charge is 0.270 e. The zero-order valence-electron chi connectivity index (χ0n) is 15.5. The van der Waals surface area contributed by atoms with Crippen LogP contribution in [-0.4, -0.2) is 38.7 Å². The Balaban J connectivity index is 2.23. The number of amides is 1. The maximum atomic E-state index is 12.6. The first-order chi connectivity index (χ1) is 12.8. The Bertz CT molecular complexity index is 898. The van der Waals surface area contributed by atoms with Crippen LogP contribution in [0, 0.1) is 0 Å². The van der Waals surface area contributed by atoms with Gasteiger partial charge in [0.1, 0.15) is 0 Å². The maximum Gasteiger partial charge on any atom is 0.270 e. The third-order valence-electron chi connectivity index (χ3n) is 3.72. The third kappa shape index (κ3) is 5.15. The first kappa shape index (κ1) is 21.1. The fraction of sp³-hybridized carbons (Fsp3) is 0.438. The van der Waals surface area contributed by atoms with Gasteiger partial charge in [-0.25, -0.2) is 13.1 Å². The van der Waals surface area contributed by atoms with Crippen molar-refractivity contribution in [3.8, 4) is 11.5 Å². The Labute approximate surface area is 162 Å². The molecule has 0 radical (unpaired) electrons. The minimum Gasteiger partial charge on any atom is -0.493 e. The van der Waals surface area contributed by atoms with Crippen molar-refractivity contribution in [2.24, 2.45) is 0 Å². The first-order valence-corrected chi connectivity index (χ1v) is 10.5. The molecule has 27 heavy (non-hydrogen) atoms. The van der Waals surface area contributed by atoms with E-state index in [2.05, 4.69) is 20.2 Å². The second-order valence-electron chi connectivity index (χ2n) is 5.47. The van der Waals surface area contributed by atoms with E-state index in [1.54, 1.807) is 25.1 Å². The number of aromatic nitrogens is 2. The maximum absolute atomic E-state index is 12.6. The molecule has 0 saturated heterocycles. The highest BCUT2D eigenvalue weighted by Gasteiger charge is 2.25. The van der Waals surface area contributed by atoms with E-state index in [-0.39, 0.29) is 21.8 Å². The summed E-state index contributed by atoms with van der Waals surface area (Å²) in [5.41, 5.74) is 0.725. The zero-order valence-corrected chi connectivity index (χ0v) is 17.1. The van der Waals surface area contributed by atoms with Crippen LogP contribution in [0.25, 0.3) is 0 Å². The molecule has 1 atom stereocenters. The van der Waals surface area contributed by atoms with E-state index in [1.807, 2.05) is 6.92 Å². The highest BCUT2D eigenvalue weighted by Crippen LogP contribution is 2.32. The summed E-state index contributed by atoms with van der Waals surface area (Å²) in [7, 11) is -0.861. The SMILES string of the molecule is CCC(=O)Nc1nnc(S(=O)(=O)N[C@@H](CC)c2ccc(OC)c(OC)c2)s1. The molecule has 1 amide bonds. The van der Waals surface area contributed by atoms with Gasteiger partial charge in [-0.15, -0.1) is 10.2 Å². The Hall–Kier alpha value is -2.24. The molecule has 148 valence electrons. The number of hydrogen-bond donors (Lipinski definition) is 2. The van der Waals surface area contributed by atoms with Gasteiger partial charge in [0.05, 0.1) is 14.2 Å². The number of carbonyl (C=O) groups is 1. The summed E-state index contributed by atoms with van der Waals surface area (Å²) in [5, 5.41) is 10.0. The molecule has 0 aliphatic rings. The standard InChI is InChI=1S/C16H22N4O5S2/c1-5-11(10-7-8-12(24-3)13(9-10)25-4)20-27(22,23)16-19-18-15(26-16)17-14(21)6-2/h7-9,11,20H,5-6H2,1-4H3,(H,17,18,21)/t11-/m0/s1. The second-order valence-corrected chi connectivity index (χ2v) is 8.34. The Kier molecular flexibility index (Phi) is 7.11. The summed E-state index contributed by atoms with van der Waals surface area (Å²) in [6.07, 6.45) is 0.768. The molecule has 0 spiro atoms. The normalized spacial score (nSPS) is 12.4. The molecule has 0 aliphatic carbocycles. The fourth-order valence-corrected chi connectivity index (χ4v) is 4.51. The van der Waals surface area contributed by atoms with Crippen LogP contribution < -0.4 is 19.5 Å². The molecule has 1 aromatic carbocycles. The van der Waals surface area contributed by atoms with Gasteiger partial charge in [0.2, 0.25) is 15.4 Å². The number of methoxy groups -OCH3 is 2. The van der Waals surface area contributed by atoms with Crippen LogP contribution in [0.4, 0.5) is 5.13 Å². The summed E-state index contributed by atoms with van der Waals surface area (Å²) < 4.78 is 38.2. The average molecular weight is 415 g/mol. The van der Waals surface area contributed by atoms with Gasteiger partial charge in [-0.1, -0.05) is 31.3 Å². The molecule has 11 heteroatoms. The van der Waals surface area contributed by atoms with E-state index in [1.165, 1.54) is 14.2 Å². The van der Waals surface area contributed by atoms with Crippen molar-refractivity contribution in [2.45, 2.75) is 37.1 Å². The average Bonchev–Trinajstić information content (AvgIpc) is 3.14. The van der Waals surface area contributed by atoms with Gasteiger partial charge in [-0.05, 0) is 24.1 Å². The number of ether oxygens (including phenoxy) is 2. The van der Waals surface area contributed by atoms with E-state index in [0.29, 0.717) is 17.9 Å². The van der Waals surface area contributed by atoms with Gasteiger partial charge in [0.15, 0.2) is 11.5 Å². The summed E-state index contributed by atoms with van der Waals surface area (Å²) in [6.45, 7) is 3.54. The molecule has 9 nitrogen and oxygen atoms in total. The number of hydrogen-bond acceptors (Lipinski definition) is 8. The number of rotatable bonds is 9. The lowest BCUT2D eigenvalue weighted by molar-refractivity contribution is -0.115. The molecule has 0 aliphatic heterocycles. The van der Waals surface area contributed by atoms with Crippen molar-refractivity contribution in [2.75, 3.05) is 19.5 Å². The van der Waals surface area contributed by atoms with Crippen LogP contribution in [0.2, 0.25) is 0 Å². The van der Waals surface area contributed by atoms with Gasteiger partial charge < -0.3 is 14.8 Å². The van der Waals surface area contributed by atoms with E-state index in [0.717, 1.165) is 16.9 Å². The fourth-order valence-electron chi connectivity index (χ4n) is 2.27. The lowest BCUT2D eigenvalue weighted by atomic mass is 10.1. The van der Waals surface area contributed by atoms with Crippen LogP contribution in [0.3, 0.4) is 0 Å². The largest absolute Gasteiger partial charge is 0.493 e. The molecule has 1 heterocycles. The van der Waals surface area contributed by atoms with Crippen molar-refractivity contribution in [1.82, 2.24) is 14.9 Å². The minimum atomic E-state index is -3.91. The molecule has 0 saturated carbocycles. The highest BCUT2D eigenvalue weighted by atomic mass is 32.2. The first-order valence-electron chi connectivity index (χ1n) is 8.22. The predicted molar refractivity (Wildman–Crippen MR) is 102 cm³/mol. The second kappa shape index (κ2) is 9.11. The van der Waals surface area contributed by atoms with Crippen molar-refractivity contribution in [1.29, 1.82) is 0 Å². The molecule has 1 aromatic heterocycles. The van der Waals surface area contributed by atoms with Gasteiger partial charge in [-0.2, -0.15) is 0 Å². The van der Waals surface area contributed by atoms with Crippen molar-refractivity contribution < 1.29 is 22.7 Å². The van der Waals surface area contributed by atoms with Gasteiger partial charge >= 0.3 is 0 Å². The quantitative estimate of drug-likeness (QED) is 0.604. The molecule has 0 unspecified atom stereocenters. The molecule has 2 rings (SSSR count). The van der Waals surface area contributed by atoms with Crippen LogP contribution in [0.1, 0.15) is 38.3 Å². The molecule has 2 aromatic rings. The Morgan fingerprint density at radius 1 is 1.19 bits per heavy atom. The van der Waals surface area contributed by atoms with Crippen LogP contribution in [0.5, 0.6) is 11.5 Å². The number of carbonyl (C=O) groups excluding carboxylic acids is 1. The van der Waals surface area contributed by atoms with E-state index in [9.17, 15) is 13.2 Å². The Morgan fingerprint density at radius 3 is 2.48 bits per heavy atom. The number of benzene rings is 1. The van der Waals surface area contributed by atoms with Crippen molar-refractivity contribution >= 4 is 32.4 Å². The summed E-state index contributed by atoms with van der Waals surface area (Å²) in [6, 6.07) is 4.72. The van der Waals surface area contributed by atoms with E-state index >= 15 is 0 Å². The lowest BCUT2D eigenvalue weighted by Crippen LogP contribution is -2.28. The Morgan fingerprint density at radius 2 is 1.89 bits per heavy atom. The van der Waals surface area contributed by atoms with Gasteiger partial charge in [0.25, 0.3) is 10.0 Å². The molecule has 2 N–H and O–H groups in total. The van der Waals surface area contributed by atoms with Crippen LogP contribution >= 0.6 is 11.3 Å². The molecule has 0 bridgehead atoms. The zero-order chi connectivity index (χ0) is 20.0. The van der Waals surface area contributed by atoms with Crippen LogP contribution in [-0.2, 0) is 14.8 Å². The van der Waals surface area contributed by atoms with E-state index in [4.69, 9.17) is 9.47 Å². The number of nitrogens with zero attached hydrogens (tertiary/aromatic N) is 2. The third-order valence-corrected chi connectivity index (χ3v) is 6.40. The molecular formula is C16H22N4O5S2. The molecular weight excluding hydrogens is 392 g/mol. The summed E-state index contributed by atoms with van der Waals surface area (Å²) >= 11 is 0.796. The lowest BCUT2D eigenvalue weighted by Gasteiger charge is -2.18. The van der Waals surface area contributed by atoms with E-state index < -0.39 is 16.1 Å². The monoisotopic (exact) mass is 414 g/mol. The summed E-state index contributed by atoms with van der Waals surface area (Å²) in [4.78, 5) is 11.4.